The number of halogens is 1. The van der Waals surface area contributed by atoms with Crippen molar-refractivity contribution in [3.05, 3.63) is 29.8 Å². The number of pyridine rings is 1. The normalized spacial score (nSPS) is 13.1. The predicted molar refractivity (Wildman–Crippen MR) is 59.8 cm³/mol. The molecule has 0 aromatic carbocycles. The molecular weight excluding hydrogens is 191 g/mol. The van der Waals surface area contributed by atoms with Crippen molar-refractivity contribution >= 4 is 0 Å². The smallest absolute Gasteiger partial charge is 0.146 e. The minimum absolute atomic E-state index is 0.210. The number of hydrogen-bond donors (Lipinski definition) is 1. The summed E-state index contributed by atoms with van der Waals surface area (Å²) >= 11 is 0. The zero-order valence-electron chi connectivity index (χ0n) is 9.41. The fraction of sp³-hybridized carbons (Fsp3) is 0.583. The Morgan fingerprint density at radius 3 is 2.60 bits per heavy atom. The van der Waals surface area contributed by atoms with Gasteiger partial charge >= 0.3 is 0 Å². The maximum Gasteiger partial charge on any atom is 0.146 e. The van der Waals surface area contributed by atoms with Gasteiger partial charge in [-0.15, -0.1) is 0 Å². The van der Waals surface area contributed by atoms with Crippen molar-refractivity contribution in [1.82, 2.24) is 4.98 Å². The molecule has 1 aromatic rings. The van der Waals surface area contributed by atoms with Crippen molar-refractivity contribution in [3.63, 3.8) is 0 Å². The highest BCUT2D eigenvalue weighted by molar-refractivity contribution is 5.16. The summed E-state index contributed by atoms with van der Waals surface area (Å²) < 4.78 is 13.4. The number of nitrogens with zero attached hydrogens (tertiary/aromatic N) is 1. The van der Waals surface area contributed by atoms with Gasteiger partial charge in [0.25, 0.3) is 0 Å². The second kappa shape index (κ2) is 5.81. The van der Waals surface area contributed by atoms with Crippen LogP contribution in [-0.2, 0) is 0 Å². The second-order valence-electron chi connectivity index (χ2n) is 3.92. The quantitative estimate of drug-likeness (QED) is 0.811. The maximum atomic E-state index is 13.4. The average Bonchev–Trinajstić information content (AvgIpc) is 2.26. The third-order valence-electron chi connectivity index (χ3n) is 2.95. The molecule has 2 nitrogen and oxygen atoms in total. The largest absolute Gasteiger partial charge is 0.324 e. The number of aromatic nitrogens is 1. The van der Waals surface area contributed by atoms with E-state index in [0.29, 0.717) is 11.5 Å². The first kappa shape index (κ1) is 12.1. The summed E-state index contributed by atoms with van der Waals surface area (Å²) in [5, 5.41) is 0. The van der Waals surface area contributed by atoms with Gasteiger partial charge in [0, 0.05) is 17.8 Å². The van der Waals surface area contributed by atoms with Crippen LogP contribution in [0.1, 0.15) is 44.7 Å². The highest BCUT2D eigenvalue weighted by Gasteiger charge is 2.15. The molecule has 1 heterocycles. The highest BCUT2D eigenvalue weighted by Crippen LogP contribution is 2.24. The monoisotopic (exact) mass is 210 g/mol. The molecule has 0 radical (unpaired) electrons. The summed E-state index contributed by atoms with van der Waals surface area (Å²) in [6.45, 7) is 4.29. The first-order chi connectivity index (χ1) is 7.19. The Bertz CT molecular complexity index is 297. The van der Waals surface area contributed by atoms with Crippen molar-refractivity contribution < 1.29 is 4.39 Å². The molecule has 3 heteroatoms. The third kappa shape index (κ3) is 3.27. The van der Waals surface area contributed by atoms with E-state index in [-0.39, 0.29) is 11.9 Å². The molecule has 0 amide bonds. The Morgan fingerprint density at radius 1 is 1.40 bits per heavy atom. The van der Waals surface area contributed by atoms with Gasteiger partial charge in [-0.05, 0) is 18.4 Å². The van der Waals surface area contributed by atoms with E-state index in [0.717, 1.165) is 19.3 Å². The third-order valence-corrected chi connectivity index (χ3v) is 2.95. The molecule has 15 heavy (non-hydrogen) atoms. The van der Waals surface area contributed by atoms with Crippen LogP contribution in [-0.4, -0.2) is 4.98 Å². The van der Waals surface area contributed by atoms with Gasteiger partial charge in [0.05, 0.1) is 6.20 Å². The predicted octanol–water partition coefficient (Wildman–Crippen LogP) is 3.05. The first-order valence-electron chi connectivity index (χ1n) is 5.54. The lowest BCUT2D eigenvalue weighted by molar-refractivity contribution is 0.407. The molecule has 0 spiro atoms. The molecule has 0 fully saturated rings. The summed E-state index contributed by atoms with van der Waals surface area (Å²) in [6, 6.07) is 1.46. The molecular formula is C12H19FN2. The fourth-order valence-corrected chi connectivity index (χ4v) is 1.79. The van der Waals surface area contributed by atoms with Gasteiger partial charge in [0.2, 0.25) is 0 Å². The van der Waals surface area contributed by atoms with Crippen LogP contribution in [0.3, 0.4) is 0 Å². The second-order valence-corrected chi connectivity index (χ2v) is 3.92. The Balaban J connectivity index is 2.68. The summed E-state index contributed by atoms with van der Waals surface area (Å²) in [5.74, 6) is 0.281. The van der Waals surface area contributed by atoms with E-state index in [2.05, 4.69) is 18.8 Å². The summed E-state index contributed by atoms with van der Waals surface area (Å²) in [7, 11) is 0. The molecule has 1 aromatic heterocycles. The average molecular weight is 210 g/mol. The van der Waals surface area contributed by atoms with Crippen molar-refractivity contribution in [2.75, 3.05) is 0 Å². The Morgan fingerprint density at radius 2 is 2.07 bits per heavy atom. The van der Waals surface area contributed by atoms with Crippen LogP contribution in [0.5, 0.6) is 0 Å². The van der Waals surface area contributed by atoms with Gasteiger partial charge in [0.15, 0.2) is 0 Å². The van der Waals surface area contributed by atoms with Gasteiger partial charge in [-0.3, -0.25) is 4.98 Å². The van der Waals surface area contributed by atoms with E-state index < -0.39 is 0 Å². The summed E-state index contributed by atoms with van der Waals surface area (Å²) in [6.07, 6.45) is 5.84. The molecule has 0 bridgehead atoms. The molecule has 0 saturated heterocycles. The van der Waals surface area contributed by atoms with Crippen LogP contribution in [0.25, 0.3) is 0 Å². The lowest BCUT2D eigenvalue weighted by Gasteiger charge is -2.18. The lowest BCUT2D eigenvalue weighted by Crippen LogP contribution is -2.16. The standard InChI is InChI=1S/C12H19FN2/c1-3-9(4-2)7-12(14)10-5-6-15-8-11(10)13/h5-6,8-9,12H,3-4,7,14H2,1-2H3. The molecule has 0 aliphatic heterocycles. The van der Waals surface area contributed by atoms with E-state index in [1.807, 2.05) is 0 Å². The van der Waals surface area contributed by atoms with Crippen LogP contribution in [0.2, 0.25) is 0 Å². The van der Waals surface area contributed by atoms with Gasteiger partial charge < -0.3 is 5.73 Å². The Kier molecular flexibility index (Phi) is 4.69. The fourth-order valence-electron chi connectivity index (χ4n) is 1.79. The molecule has 0 saturated carbocycles. The summed E-state index contributed by atoms with van der Waals surface area (Å²) in [5.41, 5.74) is 6.56. The molecule has 1 rings (SSSR count). The van der Waals surface area contributed by atoms with E-state index >= 15 is 0 Å². The molecule has 0 aliphatic rings. The molecule has 1 unspecified atom stereocenters. The van der Waals surface area contributed by atoms with Gasteiger partial charge in [-0.2, -0.15) is 0 Å². The van der Waals surface area contributed by atoms with Gasteiger partial charge in [-0.1, -0.05) is 26.7 Å². The van der Waals surface area contributed by atoms with Crippen molar-refractivity contribution in [3.8, 4) is 0 Å². The van der Waals surface area contributed by atoms with Crippen LogP contribution < -0.4 is 5.73 Å². The number of hydrogen-bond acceptors (Lipinski definition) is 2. The lowest BCUT2D eigenvalue weighted by atomic mass is 9.92. The van der Waals surface area contributed by atoms with Crippen LogP contribution in [0.4, 0.5) is 4.39 Å². The van der Waals surface area contributed by atoms with E-state index in [9.17, 15) is 4.39 Å². The first-order valence-corrected chi connectivity index (χ1v) is 5.54. The zero-order chi connectivity index (χ0) is 11.3. The minimum Gasteiger partial charge on any atom is -0.324 e. The van der Waals surface area contributed by atoms with Crippen molar-refractivity contribution in [1.29, 1.82) is 0 Å². The number of nitrogens with two attached hydrogens (primary N) is 1. The maximum absolute atomic E-state index is 13.4. The molecule has 2 N–H and O–H groups in total. The molecule has 1 atom stereocenters. The zero-order valence-corrected chi connectivity index (χ0v) is 9.41. The van der Waals surface area contributed by atoms with E-state index in [4.69, 9.17) is 5.73 Å². The van der Waals surface area contributed by atoms with Crippen LogP contribution in [0, 0.1) is 11.7 Å². The topological polar surface area (TPSA) is 38.9 Å². The molecule has 84 valence electrons. The van der Waals surface area contributed by atoms with E-state index in [1.54, 1.807) is 12.3 Å². The van der Waals surface area contributed by atoms with Gasteiger partial charge in [-0.25, -0.2) is 4.39 Å². The summed E-state index contributed by atoms with van der Waals surface area (Å²) in [4.78, 5) is 3.72. The van der Waals surface area contributed by atoms with Gasteiger partial charge in [0.1, 0.15) is 5.82 Å². The Labute approximate surface area is 90.7 Å². The molecule has 0 aliphatic carbocycles. The minimum atomic E-state index is -0.295. The highest BCUT2D eigenvalue weighted by atomic mass is 19.1. The Hall–Kier alpha value is -0.960. The van der Waals surface area contributed by atoms with Crippen molar-refractivity contribution in [2.45, 2.75) is 39.2 Å². The van der Waals surface area contributed by atoms with Crippen molar-refractivity contribution in [2.24, 2.45) is 11.7 Å². The number of rotatable bonds is 5. The van der Waals surface area contributed by atoms with Crippen LogP contribution >= 0.6 is 0 Å². The van der Waals surface area contributed by atoms with E-state index in [1.165, 1.54) is 6.20 Å². The van der Waals surface area contributed by atoms with Crippen LogP contribution in [0.15, 0.2) is 18.5 Å². The SMILES string of the molecule is CCC(CC)CC(N)c1ccncc1F.